The maximum Gasteiger partial charge on any atom is 0.150 e. The van der Waals surface area contributed by atoms with E-state index in [4.69, 9.17) is 23.7 Å². The molecule has 40 heavy (non-hydrogen) atoms. The SMILES string of the molecule is Cc1ccc(OCC2=CO[C@H](COCc3ccccc3)[C@H](OCc3ccccc3)[C@@H]2OCc2ccccc2)cc1. The van der Waals surface area contributed by atoms with Crippen LogP contribution in [0.25, 0.3) is 0 Å². The second kappa shape index (κ2) is 14.5. The van der Waals surface area contributed by atoms with E-state index < -0.39 is 6.10 Å². The predicted molar refractivity (Wildman–Crippen MR) is 156 cm³/mol. The van der Waals surface area contributed by atoms with Crippen LogP contribution in [0.5, 0.6) is 5.75 Å². The van der Waals surface area contributed by atoms with E-state index in [9.17, 15) is 0 Å². The molecule has 0 fully saturated rings. The molecular weight excluding hydrogens is 500 g/mol. The van der Waals surface area contributed by atoms with Gasteiger partial charge in [-0.15, -0.1) is 0 Å². The van der Waals surface area contributed by atoms with Crippen LogP contribution in [0, 0.1) is 6.92 Å². The summed E-state index contributed by atoms with van der Waals surface area (Å²) in [5, 5.41) is 0. The molecule has 5 rings (SSSR count). The van der Waals surface area contributed by atoms with Gasteiger partial charge >= 0.3 is 0 Å². The van der Waals surface area contributed by atoms with Crippen LogP contribution in [0.4, 0.5) is 0 Å². The highest BCUT2D eigenvalue weighted by molar-refractivity contribution is 5.27. The molecule has 1 heterocycles. The summed E-state index contributed by atoms with van der Waals surface area (Å²) in [6.45, 7) is 4.11. The monoisotopic (exact) mass is 536 g/mol. The maximum absolute atomic E-state index is 6.58. The van der Waals surface area contributed by atoms with Gasteiger partial charge < -0.3 is 23.7 Å². The lowest BCUT2D eigenvalue weighted by atomic mass is 9.98. The van der Waals surface area contributed by atoms with E-state index >= 15 is 0 Å². The van der Waals surface area contributed by atoms with E-state index in [2.05, 4.69) is 43.3 Å². The van der Waals surface area contributed by atoms with Crippen molar-refractivity contribution < 1.29 is 23.7 Å². The third-order valence-electron chi connectivity index (χ3n) is 6.80. The lowest BCUT2D eigenvalue weighted by Crippen LogP contribution is -2.49. The van der Waals surface area contributed by atoms with Gasteiger partial charge in [0.1, 0.15) is 30.7 Å². The molecule has 1 aliphatic rings. The largest absolute Gasteiger partial charge is 0.493 e. The zero-order chi connectivity index (χ0) is 27.4. The first-order valence-corrected chi connectivity index (χ1v) is 13.7. The van der Waals surface area contributed by atoms with Gasteiger partial charge in [-0.3, -0.25) is 0 Å². The Kier molecular flexibility index (Phi) is 10.0. The third kappa shape index (κ3) is 8.06. The van der Waals surface area contributed by atoms with Gasteiger partial charge in [0.25, 0.3) is 0 Å². The highest BCUT2D eigenvalue weighted by atomic mass is 16.6. The first kappa shape index (κ1) is 27.7. The molecule has 5 nitrogen and oxygen atoms in total. The van der Waals surface area contributed by atoms with Crippen LogP contribution in [0.1, 0.15) is 22.3 Å². The summed E-state index contributed by atoms with van der Waals surface area (Å²) in [6.07, 6.45) is 0.633. The molecule has 0 spiro atoms. The van der Waals surface area contributed by atoms with Gasteiger partial charge in [0.05, 0.1) is 32.7 Å². The molecule has 5 heteroatoms. The zero-order valence-corrected chi connectivity index (χ0v) is 22.9. The molecule has 0 saturated heterocycles. The highest BCUT2D eigenvalue weighted by Crippen LogP contribution is 2.28. The molecule has 0 bridgehead atoms. The third-order valence-corrected chi connectivity index (χ3v) is 6.80. The number of hydrogen-bond donors (Lipinski definition) is 0. The van der Waals surface area contributed by atoms with Crippen molar-refractivity contribution in [2.75, 3.05) is 13.2 Å². The smallest absolute Gasteiger partial charge is 0.150 e. The van der Waals surface area contributed by atoms with Crippen LogP contribution in [0.3, 0.4) is 0 Å². The number of benzene rings is 4. The van der Waals surface area contributed by atoms with Crippen molar-refractivity contribution >= 4 is 0 Å². The minimum Gasteiger partial charge on any atom is -0.493 e. The van der Waals surface area contributed by atoms with Gasteiger partial charge in [0.15, 0.2) is 0 Å². The average molecular weight is 537 g/mol. The minimum absolute atomic E-state index is 0.325. The standard InChI is InChI=1S/C35H36O5/c1-27-17-19-32(20-18-27)37-24-31-25-38-33(26-36-21-28-11-5-2-6-12-28)35(40-23-30-15-9-4-10-16-30)34(31)39-22-29-13-7-3-8-14-29/h2-20,25,33-35H,21-24,26H2,1H3/t33-,34-,35+/m1/s1. The predicted octanol–water partition coefficient (Wildman–Crippen LogP) is 7.04. The van der Waals surface area contributed by atoms with Gasteiger partial charge in [-0.1, -0.05) is 109 Å². The molecule has 1 aliphatic heterocycles. The number of rotatable bonds is 13. The molecule has 206 valence electrons. The number of aryl methyl sites for hydroxylation is 1. The van der Waals surface area contributed by atoms with Crippen LogP contribution in [0.2, 0.25) is 0 Å². The van der Waals surface area contributed by atoms with Crippen LogP contribution < -0.4 is 4.74 Å². The zero-order valence-electron chi connectivity index (χ0n) is 22.9. The fraction of sp³-hybridized carbons (Fsp3) is 0.257. The van der Waals surface area contributed by atoms with Crippen LogP contribution in [-0.2, 0) is 38.8 Å². The van der Waals surface area contributed by atoms with Gasteiger partial charge in [-0.2, -0.15) is 0 Å². The molecule has 0 saturated carbocycles. The topological polar surface area (TPSA) is 46.2 Å². The molecule has 4 aromatic carbocycles. The summed E-state index contributed by atoms with van der Waals surface area (Å²) in [5.74, 6) is 0.795. The van der Waals surface area contributed by atoms with E-state index in [-0.39, 0.29) is 12.2 Å². The minimum atomic E-state index is -0.402. The second-order valence-electron chi connectivity index (χ2n) is 9.95. The van der Waals surface area contributed by atoms with Crippen molar-refractivity contribution in [2.24, 2.45) is 0 Å². The van der Waals surface area contributed by atoms with E-state index in [0.29, 0.717) is 33.0 Å². The first-order chi connectivity index (χ1) is 19.7. The summed E-state index contributed by atoms with van der Waals surface area (Å²) in [6, 6.07) is 38.5. The number of hydrogen-bond acceptors (Lipinski definition) is 5. The Bertz CT molecular complexity index is 1310. The van der Waals surface area contributed by atoms with Gasteiger partial charge in [0, 0.05) is 5.57 Å². The fourth-order valence-electron chi connectivity index (χ4n) is 4.57. The van der Waals surface area contributed by atoms with E-state index in [1.807, 2.05) is 78.9 Å². The summed E-state index contributed by atoms with van der Waals surface area (Å²) in [7, 11) is 0. The Morgan fingerprint density at radius 2 is 1.15 bits per heavy atom. The summed E-state index contributed by atoms with van der Waals surface area (Å²) >= 11 is 0. The Hall–Kier alpha value is -3.90. The van der Waals surface area contributed by atoms with Crippen molar-refractivity contribution in [3.63, 3.8) is 0 Å². The molecule has 0 radical (unpaired) electrons. The fourth-order valence-corrected chi connectivity index (χ4v) is 4.57. The van der Waals surface area contributed by atoms with Crippen molar-refractivity contribution in [3.8, 4) is 5.75 Å². The molecule has 0 amide bonds. The maximum atomic E-state index is 6.58. The average Bonchev–Trinajstić information content (AvgIpc) is 3.01. The molecule has 0 aliphatic carbocycles. The molecule has 3 atom stereocenters. The van der Waals surface area contributed by atoms with Crippen molar-refractivity contribution in [1.29, 1.82) is 0 Å². The van der Waals surface area contributed by atoms with Gasteiger partial charge in [-0.05, 0) is 35.7 Å². The Morgan fingerprint density at radius 1 is 0.600 bits per heavy atom. The van der Waals surface area contributed by atoms with E-state index in [1.165, 1.54) is 5.56 Å². The molecule has 4 aromatic rings. The highest BCUT2D eigenvalue weighted by Gasteiger charge is 2.39. The quantitative estimate of drug-likeness (QED) is 0.183. The normalized spacial score (nSPS) is 18.5. The molecule has 0 N–H and O–H groups in total. The number of ether oxygens (including phenoxy) is 5. The van der Waals surface area contributed by atoms with Crippen LogP contribution in [-0.4, -0.2) is 31.5 Å². The van der Waals surface area contributed by atoms with Crippen molar-refractivity contribution in [1.82, 2.24) is 0 Å². The Morgan fingerprint density at radius 3 is 1.75 bits per heavy atom. The summed E-state index contributed by atoms with van der Waals surface area (Å²) in [4.78, 5) is 0. The summed E-state index contributed by atoms with van der Waals surface area (Å²) < 4.78 is 31.6. The van der Waals surface area contributed by atoms with E-state index in [1.54, 1.807) is 6.26 Å². The van der Waals surface area contributed by atoms with E-state index in [0.717, 1.165) is 28.0 Å². The second-order valence-corrected chi connectivity index (χ2v) is 9.95. The van der Waals surface area contributed by atoms with Gasteiger partial charge in [0.2, 0.25) is 0 Å². The first-order valence-electron chi connectivity index (χ1n) is 13.7. The van der Waals surface area contributed by atoms with Crippen molar-refractivity contribution in [3.05, 3.63) is 149 Å². The lowest BCUT2D eigenvalue weighted by Gasteiger charge is -2.38. The Balaban J connectivity index is 1.34. The van der Waals surface area contributed by atoms with Gasteiger partial charge in [-0.25, -0.2) is 0 Å². The molecule has 0 unspecified atom stereocenters. The van der Waals surface area contributed by atoms with Crippen LogP contribution >= 0.6 is 0 Å². The Labute approximate surface area is 236 Å². The summed E-state index contributed by atoms with van der Waals surface area (Å²) in [5.41, 5.74) is 5.35. The molecule has 0 aromatic heterocycles. The van der Waals surface area contributed by atoms with Crippen LogP contribution in [0.15, 0.2) is 127 Å². The van der Waals surface area contributed by atoms with Crippen molar-refractivity contribution in [2.45, 2.75) is 45.1 Å². The molecular formula is C35H36O5. The lowest BCUT2D eigenvalue weighted by molar-refractivity contribution is -0.153.